The van der Waals surface area contributed by atoms with Gasteiger partial charge in [-0.05, 0) is 43.4 Å². The molecule has 1 aliphatic carbocycles. The highest BCUT2D eigenvalue weighted by atomic mass is 35.5. The van der Waals surface area contributed by atoms with E-state index in [1.165, 1.54) is 12.3 Å². The number of benzene rings is 1. The van der Waals surface area contributed by atoms with Gasteiger partial charge < -0.3 is 10.6 Å². The largest absolute Gasteiger partial charge is 0.383 e. The van der Waals surface area contributed by atoms with Gasteiger partial charge in [0.1, 0.15) is 18.4 Å². The fourth-order valence-electron chi connectivity index (χ4n) is 4.50. The van der Waals surface area contributed by atoms with Crippen molar-refractivity contribution in [3.8, 4) is 6.07 Å². The fourth-order valence-corrected chi connectivity index (χ4v) is 4.77. The minimum atomic E-state index is -0.648. The Labute approximate surface area is 230 Å². The first-order valence-electron chi connectivity index (χ1n) is 12.7. The number of aryl methyl sites for hydroxylation is 1. The number of nitrogens with zero attached hydrogens (tertiary/aromatic N) is 6. The molecule has 0 amide bonds. The Bertz CT molecular complexity index is 1580. The van der Waals surface area contributed by atoms with Gasteiger partial charge in [0.2, 0.25) is 5.95 Å². The van der Waals surface area contributed by atoms with Crippen molar-refractivity contribution in [3.63, 3.8) is 0 Å². The highest BCUT2D eigenvalue weighted by Gasteiger charge is 2.46. The van der Waals surface area contributed by atoms with Gasteiger partial charge in [0.25, 0.3) is 0 Å². The summed E-state index contributed by atoms with van der Waals surface area (Å²) in [5, 5.41) is 26.3. The highest BCUT2D eigenvalue weighted by molar-refractivity contribution is 6.35. The third kappa shape index (κ3) is 5.36. The zero-order chi connectivity index (χ0) is 27.9. The number of hydrogen-bond donors (Lipinski definition) is 2. The summed E-state index contributed by atoms with van der Waals surface area (Å²) in [7, 11) is 0. The number of aromatic nitrogens is 5. The second-order valence-corrected chi connectivity index (χ2v) is 11.7. The van der Waals surface area contributed by atoms with Gasteiger partial charge in [-0.1, -0.05) is 43.7 Å². The van der Waals surface area contributed by atoms with E-state index in [2.05, 4.69) is 57.8 Å². The Hall–Kier alpha value is -3.84. The number of rotatable bonds is 8. The van der Waals surface area contributed by atoms with Crippen molar-refractivity contribution in [1.29, 1.82) is 5.26 Å². The first-order chi connectivity index (χ1) is 18.5. The third-order valence-electron chi connectivity index (χ3n) is 6.92. The quantitative estimate of drug-likeness (QED) is 0.248. The number of anilines is 2. The zero-order valence-electron chi connectivity index (χ0n) is 22.2. The number of nitriles is 1. The van der Waals surface area contributed by atoms with Gasteiger partial charge in [-0.15, -0.1) is 5.10 Å². The minimum absolute atomic E-state index is 0.0372. The molecule has 0 aliphatic heterocycles. The Kier molecular flexibility index (Phi) is 6.89. The highest BCUT2D eigenvalue weighted by Crippen LogP contribution is 2.44. The molecule has 0 saturated heterocycles. The van der Waals surface area contributed by atoms with Crippen molar-refractivity contribution >= 4 is 33.9 Å². The molecule has 1 fully saturated rings. The Balaban J connectivity index is 1.60. The second kappa shape index (κ2) is 10.0. The molecule has 2 N–H and O–H groups in total. The summed E-state index contributed by atoms with van der Waals surface area (Å²) in [5.41, 5.74) is 3.22. The lowest BCUT2D eigenvalue weighted by Crippen LogP contribution is -2.20. The predicted octanol–water partition coefficient (Wildman–Crippen LogP) is 6.31. The summed E-state index contributed by atoms with van der Waals surface area (Å²) in [4.78, 5) is 8.42. The molecule has 1 saturated carbocycles. The topological polar surface area (TPSA) is 104 Å². The van der Waals surface area contributed by atoms with Crippen LogP contribution in [0.3, 0.4) is 0 Å². The lowest BCUT2D eigenvalue weighted by atomic mass is 9.96. The molecule has 3 aromatic heterocycles. The average Bonchev–Trinajstić information content (AvgIpc) is 3.53. The third-order valence-corrected chi connectivity index (χ3v) is 7.21. The van der Waals surface area contributed by atoms with Crippen LogP contribution in [0.25, 0.3) is 10.9 Å². The van der Waals surface area contributed by atoms with Gasteiger partial charge in [0, 0.05) is 35.1 Å². The molecule has 8 nitrogen and oxygen atoms in total. The molecular weight excluding hydrogens is 522 g/mol. The number of fused-ring (bicyclic) bond motifs is 1. The zero-order valence-corrected chi connectivity index (χ0v) is 22.9. The normalized spacial score (nSPS) is 15.1. The second-order valence-electron chi connectivity index (χ2n) is 11.3. The first kappa shape index (κ1) is 26.8. The van der Waals surface area contributed by atoms with Crippen molar-refractivity contribution in [3.05, 3.63) is 70.1 Å². The average molecular weight is 551 g/mol. The van der Waals surface area contributed by atoms with Gasteiger partial charge in [-0.3, -0.25) is 4.98 Å². The van der Waals surface area contributed by atoms with Crippen LogP contribution in [0, 0.1) is 29.6 Å². The van der Waals surface area contributed by atoms with Crippen LogP contribution >= 0.6 is 11.6 Å². The molecule has 0 bridgehead atoms. The van der Waals surface area contributed by atoms with E-state index in [9.17, 15) is 14.0 Å². The maximum absolute atomic E-state index is 13.9. The van der Waals surface area contributed by atoms with Crippen molar-refractivity contribution < 1.29 is 8.78 Å². The number of nitrogens with one attached hydrogen (secondary N) is 2. The lowest BCUT2D eigenvalue weighted by Gasteiger charge is -2.23. The molecule has 1 atom stereocenters. The number of alkyl halides is 1. The van der Waals surface area contributed by atoms with Gasteiger partial charge in [-0.2, -0.15) is 9.65 Å². The molecule has 0 unspecified atom stereocenters. The molecule has 39 heavy (non-hydrogen) atoms. The monoisotopic (exact) mass is 550 g/mol. The Morgan fingerprint density at radius 2 is 2.03 bits per heavy atom. The molecule has 3 heterocycles. The van der Waals surface area contributed by atoms with Gasteiger partial charge in [0.05, 0.1) is 39.6 Å². The summed E-state index contributed by atoms with van der Waals surface area (Å²) < 4.78 is 29.2. The molecule has 0 radical (unpaired) electrons. The molecule has 5 rings (SSSR count). The minimum Gasteiger partial charge on any atom is -0.383 e. The number of hydrogen-bond acceptors (Lipinski definition) is 7. The van der Waals surface area contributed by atoms with Gasteiger partial charge in [-0.25, -0.2) is 14.1 Å². The van der Waals surface area contributed by atoms with Crippen LogP contribution in [0.2, 0.25) is 5.02 Å². The summed E-state index contributed by atoms with van der Waals surface area (Å²) >= 11 is 6.69. The maximum atomic E-state index is 13.9. The van der Waals surface area contributed by atoms with Crippen molar-refractivity contribution in [2.45, 2.75) is 52.1 Å². The predicted molar refractivity (Wildman–Crippen MR) is 147 cm³/mol. The molecule has 202 valence electrons. The standard InChI is InChI=1S/C28H29ClF2N8/c1-16-19(5-6-23(31)35-16)26(22-13-39(38-37-22)28(14-30)7-8-28)36-18-9-20-24(34-15-27(2,3)4)17(11-32)12-33-25(20)21(29)10-18/h5-6,9-10,12-13,26,36H,7-8,14-15H2,1-4H3,(H,33,34)/t26-/m0/s1. The van der Waals surface area contributed by atoms with Crippen LogP contribution in [0.4, 0.5) is 20.2 Å². The van der Waals surface area contributed by atoms with Crippen molar-refractivity contribution in [1.82, 2.24) is 25.0 Å². The lowest BCUT2D eigenvalue weighted by molar-refractivity contribution is 0.309. The van der Waals surface area contributed by atoms with Crippen LogP contribution in [-0.2, 0) is 5.54 Å². The molecule has 1 aromatic carbocycles. The van der Waals surface area contributed by atoms with Gasteiger partial charge >= 0.3 is 0 Å². The summed E-state index contributed by atoms with van der Waals surface area (Å²) in [6.07, 6.45) is 4.63. The SMILES string of the molecule is Cc1nc(F)ccc1[C@H](Nc1cc(Cl)c2ncc(C#N)c(NCC(C)(C)C)c2c1)c1cn(C2(CF)CC2)nn1. The summed E-state index contributed by atoms with van der Waals surface area (Å²) in [6, 6.07) is 8.16. The van der Waals surface area contributed by atoms with Crippen LogP contribution < -0.4 is 10.6 Å². The first-order valence-corrected chi connectivity index (χ1v) is 13.1. The molecule has 0 spiro atoms. The smallest absolute Gasteiger partial charge is 0.213 e. The Morgan fingerprint density at radius 3 is 2.67 bits per heavy atom. The molecular formula is C28H29ClF2N8. The van der Waals surface area contributed by atoms with Crippen LogP contribution in [-0.4, -0.2) is 38.2 Å². The fraction of sp³-hybridized carbons (Fsp3) is 0.393. The molecule has 4 aromatic rings. The van der Waals surface area contributed by atoms with E-state index in [-0.39, 0.29) is 5.41 Å². The van der Waals surface area contributed by atoms with Crippen LogP contribution in [0.1, 0.15) is 62.2 Å². The van der Waals surface area contributed by atoms with Crippen LogP contribution in [0.15, 0.2) is 36.7 Å². The van der Waals surface area contributed by atoms with E-state index in [0.29, 0.717) is 69.2 Å². The summed E-state index contributed by atoms with van der Waals surface area (Å²) in [6.45, 7) is 8.11. The van der Waals surface area contributed by atoms with E-state index in [4.69, 9.17) is 11.6 Å². The Morgan fingerprint density at radius 1 is 1.26 bits per heavy atom. The van der Waals surface area contributed by atoms with E-state index in [1.54, 1.807) is 29.9 Å². The summed E-state index contributed by atoms with van der Waals surface area (Å²) in [5.74, 6) is -0.591. The van der Waals surface area contributed by atoms with E-state index in [0.717, 1.165) is 0 Å². The number of halogens is 3. The van der Waals surface area contributed by atoms with Crippen molar-refractivity contribution in [2.24, 2.45) is 5.41 Å². The van der Waals surface area contributed by atoms with Gasteiger partial charge in [0.15, 0.2) is 0 Å². The maximum Gasteiger partial charge on any atom is 0.213 e. The van der Waals surface area contributed by atoms with E-state index < -0.39 is 24.2 Å². The molecule has 1 aliphatic rings. The van der Waals surface area contributed by atoms with Crippen molar-refractivity contribution in [2.75, 3.05) is 23.9 Å². The molecule has 11 heteroatoms. The van der Waals surface area contributed by atoms with E-state index >= 15 is 0 Å². The van der Waals surface area contributed by atoms with Crippen LogP contribution in [0.5, 0.6) is 0 Å². The number of pyridine rings is 2. The van der Waals surface area contributed by atoms with E-state index in [1.807, 2.05) is 6.07 Å².